The van der Waals surface area contributed by atoms with E-state index in [1.165, 1.54) is 64.7 Å². The van der Waals surface area contributed by atoms with Gasteiger partial charge in [0.1, 0.15) is 4.88 Å². The largest absolute Gasteiger partial charge is 0.493 e. The molecule has 9 nitrogen and oxygen atoms in total. The van der Waals surface area contributed by atoms with Crippen LogP contribution in [0.5, 0.6) is 17.2 Å². The van der Waals surface area contributed by atoms with Crippen molar-refractivity contribution in [3.63, 3.8) is 0 Å². The van der Waals surface area contributed by atoms with Gasteiger partial charge in [-0.25, -0.2) is 9.78 Å². The minimum absolute atomic E-state index is 0.0789. The van der Waals surface area contributed by atoms with Crippen LogP contribution in [0.1, 0.15) is 63.9 Å². The van der Waals surface area contributed by atoms with Gasteiger partial charge in [0.2, 0.25) is 5.75 Å². The number of benzene rings is 2. The van der Waals surface area contributed by atoms with Gasteiger partial charge in [-0.3, -0.25) is 10.1 Å². The number of para-hydroxylation sites is 1. The monoisotopic (exact) mass is 529 g/mol. The molecule has 10 heteroatoms. The standard InChI is InChI=1S/C15H16N2O6S.C12H19N/c1-7-12(14(19)20)24-15(16-7)17-13(18)8-5-9(21-2)11(23-4)10(6-8)22-3;1-2-3-4-5-8-11-9-6-7-10-12(11)13/h5-6H,1-4H3,(H,19,20)(H,16,17,18);6-7,9-10H,2-5,8,13H2,1H3. The Balaban J connectivity index is 0.000000312. The number of carbonyl (C=O) groups excluding carboxylic acids is 1. The number of nitrogens with one attached hydrogen (secondary N) is 1. The van der Waals surface area contributed by atoms with E-state index in [0.29, 0.717) is 22.9 Å². The Bertz CT molecular complexity index is 1170. The number of carboxylic acids is 1. The van der Waals surface area contributed by atoms with Crippen molar-refractivity contribution in [3.05, 3.63) is 58.1 Å². The summed E-state index contributed by atoms with van der Waals surface area (Å²) in [5, 5.41) is 11.8. The third-order valence-electron chi connectivity index (χ3n) is 5.49. The molecule has 0 fully saturated rings. The lowest BCUT2D eigenvalue weighted by molar-refractivity contribution is 0.0701. The summed E-state index contributed by atoms with van der Waals surface area (Å²) >= 11 is 0.888. The summed E-state index contributed by atoms with van der Waals surface area (Å²) in [4.78, 5) is 27.5. The van der Waals surface area contributed by atoms with Crippen molar-refractivity contribution in [1.82, 2.24) is 4.98 Å². The highest BCUT2D eigenvalue weighted by atomic mass is 32.1. The van der Waals surface area contributed by atoms with Gasteiger partial charge in [-0.1, -0.05) is 55.7 Å². The molecule has 200 valence electrons. The number of carboxylic acid groups (broad SMARTS) is 1. The van der Waals surface area contributed by atoms with Gasteiger partial charge in [0.05, 0.1) is 27.0 Å². The number of ether oxygens (including phenoxy) is 3. The number of rotatable bonds is 11. The van der Waals surface area contributed by atoms with E-state index in [9.17, 15) is 9.59 Å². The van der Waals surface area contributed by atoms with E-state index >= 15 is 0 Å². The maximum absolute atomic E-state index is 12.4. The number of carbonyl (C=O) groups is 2. The number of aryl methyl sites for hydroxylation is 2. The van der Waals surface area contributed by atoms with Crippen LogP contribution in [-0.4, -0.2) is 43.3 Å². The molecule has 0 saturated heterocycles. The molecule has 1 heterocycles. The van der Waals surface area contributed by atoms with E-state index in [1.807, 2.05) is 12.1 Å². The van der Waals surface area contributed by atoms with Crippen molar-refractivity contribution in [1.29, 1.82) is 0 Å². The van der Waals surface area contributed by atoms with E-state index in [4.69, 9.17) is 25.1 Å². The molecular formula is C27H35N3O6S. The van der Waals surface area contributed by atoms with Crippen molar-refractivity contribution in [2.24, 2.45) is 0 Å². The highest BCUT2D eigenvalue weighted by molar-refractivity contribution is 7.17. The van der Waals surface area contributed by atoms with Crippen LogP contribution in [0, 0.1) is 6.92 Å². The third-order valence-corrected chi connectivity index (χ3v) is 6.55. The van der Waals surface area contributed by atoms with Crippen molar-refractivity contribution in [3.8, 4) is 17.2 Å². The van der Waals surface area contributed by atoms with Crippen LogP contribution in [0.15, 0.2) is 36.4 Å². The zero-order valence-corrected chi connectivity index (χ0v) is 22.7. The van der Waals surface area contributed by atoms with E-state index in [1.54, 1.807) is 6.92 Å². The van der Waals surface area contributed by atoms with Crippen molar-refractivity contribution in [2.45, 2.75) is 46.0 Å². The third kappa shape index (κ3) is 8.38. The number of nitrogens with zero attached hydrogens (tertiary/aromatic N) is 1. The van der Waals surface area contributed by atoms with Crippen LogP contribution in [0.4, 0.5) is 10.8 Å². The summed E-state index contributed by atoms with van der Waals surface area (Å²) in [7, 11) is 4.36. The minimum Gasteiger partial charge on any atom is -0.493 e. The second-order valence-corrected chi connectivity index (χ2v) is 9.12. The number of amides is 1. The topological polar surface area (TPSA) is 133 Å². The molecule has 1 aromatic heterocycles. The molecule has 4 N–H and O–H groups in total. The lowest BCUT2D eigenvalue weighted by atomic mass is 10.1. The second-order valence-electron chi connectivity index (χ2n) is 8.12. The molecule has 0 spiro atoms. The molecule has 37 heavy (non-hydrogen) atoms. The number of aromatic carboxylic acids is 1. The Hall–Kier alpha value is -3.79. The zero-order chi connectivity index (χ0) is 27.4. The van der Waals surface area contributed by atoms with Gasteiger partial charge in [0.15, 0.2) is 16.6 Å². The van der Waals surface area contributed by atoms with Crippen molar-refractivity contribution in [2.75, 3.05) is 32.4 Å². The molecule has 0 radical (unpaired) electrons. The normalized spacial score (nSPS) is 10.2. The average molecular weight is 530 g/mol. The number of nitrogens with two attached hydrogens (primary N) is 1. The summed E-state index contributed by atoms with van der Waals surface area (Å²) in [5.41, 5.74) is 8.68. The van der Waals surface area contributed by atoms with Gasteiger partial charge in [-0.15, -0.1) is 0 Å². The van der Waals surface area contributed by atoms with Crippen LogP contribution in [0.25, 0.3) is 0 Å². The highest BCUT2D eigenvalue weighted by Crippen LogP contribution is 2.38. The van der Waals surface area contributed by atoms with Gasteiger partial charge in [0, 0.05) is 11.3 Å². The number of thiazole rings is 1. The van der Waals surface area contributed by atoms with Crippen LogP contribution >= 0.6 is 11.3 Å². The van der Waals surface area contributed by atoms with Gasteiger partial charge in [0.25, 0.3) is 5.91 Å². The van der Waals surface area contributed by atoms with E-state index in [2.05, 4.69) is 29.4 Å². The first-order chi connectivity index (χ1) is 17.7. The van der Waals surface area contributed by atoms with E-state index < -0.39 is 11.9 Å². The molecule has 0 bridgehead atoms. The molecule has 1 amide bonds. The Labute approximate surface area is 221 Å². The zero-order valence-electron chi connectivity index (χ0n) is 21.9. The number of aromatic nitrogens is 1. The van der Waals surface area contributed by atoms with Crippen molar-refractivity contribution < 1.29 is 28.9 Å². The quantitative estimate of drug-likeness (QED) is 0.209. The Morgan fingerprint density at radius 1 is 1.03 bits per heavy atom. The molecule has 0 atom stereocenters. The average Bonchev–Trinajstić information content (AvgIpc) is 3.27. The predicted octanol–water partition coefficient (Wildman–Crippen LogP) is 5.82. The first-order valence-electron chi connectivity index (χ1n) is 11.9. The van der Waals surface area contributed by atoms with Gasteiger partial charge >= 0.3 is 5.97 Å². The fourth-order valence-corrected chi connectivity index (χ4v) is 4.33. The van der Waals surface area contributed by atoms with E-state index in [0.717, 1.165) is 23.4 Å². The summed E-state index contributed by atoms with van der Waals surface area (Å²) < 4.78 is 15.6. The Morgan fingerprint density at radius 3 is 2.19 bits per heavy atom. The molecule has 0 saturated carbocycles. The number of anilines is 2. The van der Waals surface area contributed by atoms with Crippen LogP contribution < -0.4 is 25.3 Å². The number of nitrogen functional groups attached to an aromatic ring is 1. The smallest absolute Gasteiger partial charge is 0.347 e. The summed E-state index contributed by atoms with van der Waals surface area (Å²) in [6.45, 7) is 3.80. The molecule has 0 unspecified atom stereocenters. The first-order valence-corrected chi connectivity index (χ1v) is 12.7. The van der Waals surface area contributed by atoms with Crippen LogP contribution in [0.3, 0.4) is 0 Å². The number of unbranched alkanes of at least 4 members (excludes halogenated alkanes) is 3. The van der Waals surface area contributed by atoms with Crippen molar-refractivity contribution >= 4 is 34.0 Å². The molecule has 0 aliphatic heterocycles. The van der Waals surface area contributed by atoms with Crippen LogP contribution in [0.2, 0.25) is 0 Å². The number of hydrogen-bond donors (Lipinski definition) is 3. The fourth-order valence-electron chi connectivity index (χ4n) is 3.53. The molecule has 2 aromatic carbocycles. The molecular weight excluding hydrogens is 494 g/mol. The lowest BCUT2D eigenvalue weighted by Gasteiger charge is -2.13. The Kier molecular flexibility index (Phi) is 11.7. The maximum Gasteiger partial charge on any atom is 0.347 e. The number of methoxy groups -OCH3 is 3. The second kappa shape index (κ2) is 14.7. The maximum atomic E-state index is 12.4. The van der Waals surface area contributed by atoms with Gasteiger partial charge in [-0.2, -0.15) is 0 Å². The van der Waals surface area contributed by atoms with Crippen LogP contribution in [-0.2, 0) is 6.42 Å². The lowest BCUT2D eigenvalue weighted by Crippen LogP contribution is -2.12. The predicted molar refractivity (Wildman–Crippen MR) is 147 cm³/mol. The Morgan fingerprint density at radius 2 is 1.68 bits per heavy atom. The van der Waals surface area contributed by atoms with E-state index in [-0.39, 0.29) is 15.6 Å². The SMILES string of the molecule is CCCCCCc1ccccc1N.COc1cc(C(=O)Nc2nc(C)c(C(=O)O)s2)cc(OC)c1OC. The highest BCUT2D eigenvalue weighted by Gasteiger charge is 2.19. The molecule has 0 aliphatic carbocycles. The van der Waals surface area contributed by atoms with Gasteiger partial charge in [-0.05, 0) is 43.5 Å². The summed E-state index contributed by atoms with van der Waals surface area (Å²) in [6.07, 6.45) is 6.36. The minimum atomic E-state index is -1.08. The summed E-state index contributed by atoms with van der Waals surface area (Å²) in [6, 6.07) is 11.2. The molecule has 0 aliphatic rings. The van der Waals surface area contributed by atoms with Gasteiger partial charge < -0.3 is 25.1 Å². The molecule has 3 rings (SSSR count). The summed E-state index contributed by atoms with van der Waals surface area (Å²) in [5.74, 6) is -0.514. The molecule has 3 aromatic rings. The number of hydrogen-bond acceptors (Lipinski definition) is 8. The fraction of sp³-hybridized carbons (Fsp3) is 0.370. The first kappa shape index (κ1) is 29.4.